The molecule has 1 aromatic heterocycles. The van der Waals surface area contributed by atoms with Gasteiger partial charge < -0.3 is 9.64 Å². The van der Waals surface area contributed by atoms with Crippen molar-refractivity contribution in [2.45, 2.75) is 57.3 Å². The van der Waals surface area contributed by atoms with E-state index in [1.165, 1.54) is 13.8 Å². The molecular weight excluding hydrogens is 438 g/mol. The molecule has 2 aromatic rings. The third kappa shape index (κ3) is 4.48. The number of aromatic nitrogens is 1. The molecule has 2 aliphatic heterocycles. The molecule has 2 aliphatic rings. The van der Waals surface area contributed by atoms with Gasteiger partial charge in [-0.05, 0) is 38.0 Å². The van der Waals surface area contributed by atoms with Crippen LogP contribution in [0.1, 0.15) is 44.2 Å². The molecule has 5 nitrogen and oxygen atoms in total. The Morgan fingerprint density at radius 3 is 2.30 bits per heavy atom. The van der Waals surface area contributed by atoms with E-state index in [9.17, 15) is 22.4 Å². The number of halogens is 4. The molecule has 2 fully saturated rings. The highest BCUT2D eigenvalue weighted by Gasteiger charge is 2.52. The second kappa shape index (κ2) is 9.02. The maximum absolute atomic E-state index is 13.9. The predicted octanol–water partition coefficient (Wildman–Crippen LogP) is 4.70. The van der Waals surface area contributed by atoms with Gasteiger partial charge in [0.05, 0.1) is 11.7 Å². The fourth-order valence-corrected chi connectivity index (χ4v) is 4.60. The van der Waals surface area contributed by atoms with Gasteiger partial charge in [-0.3, -0.25) is 14.7 Å². The molecule has 178 valence electrons. The van der Waals surface area contributed by atoms with Crippen LogP contribution in [-0.2, 0) is 9.53 Å². The number of hydrogen-bond donors (Lipinski definition) is 0. The summed E-state index contributed by atoms with van der Waals surface area (Å²) in [5.41, 5.74) is 1.83. The number of nitrogens with zero attached hydrogens (tertiary/aromatic N) is 3. The number of carbonyl (C=O) groups is 1. The second-order valence-corrected chi connectivity index (χ2v) is 9.04. The van der Waals surface area contributed by atoms with E-state index in [-0.39, 0.29) is 6.04 Å². The van der Waals surface area contributed by atoms with E-state index in [0.717, 1.165) is 21.7 Å². The highest BCUT2D eigenvalue weighted by Crippen LogP contribution is 2.42. The maximum atomic E-state index is 13.9. The minimum absolute atomic E-state index is 0.0350. The molecule has 0 bridgehead atoms. The molecule has 3 atom stereocenters. The summed E-state index contributed by atoms with van der Waals surface area (Å²) in [5, 5.41) is 0. The van der Waals surface area contributed by atoms with E-state index in [0.29, 0.717) is 18.7 Å². The number of benzene rings is 1. The number of alkyl halides is 4. The van der Waals surface area contributed by atoms with Gasteiger partial charge in [0.2, 0.25) is 0 Å². The number of likely N-dealkylation sites (tertiary alicyclic amines) is 1. The van der Waals surface area contributed by atoms with Gasteiger partial charge >= 0.3 is 6.43 Å². The van der Waals surface area contributed by atoms with Crippen LogP contribution in [0.3, 0.4) is 0 Å². The van der Waals surface area contributed by atoms with E-state index >= 15 is 0 Å². The van der Waals surface area contributed by atoms with Crippen LogP contribution < -0.4 is 0 Å². The molecule has 4 rings (SSSR count). The normalized spacial score (nSPS) is 24.2. The summed E-state index contributed by atoms with van der Waals surface area (Å²) in [5.74, 6) is -1.44. The lowest BCUT2D eigenvalue weighted by molar-refractivity contribution is -0.159. The van der Waals surface area contributed by atoms with Crippen molar-refractivity contribution in [3.05, 3.63) is 53.9 Å². The fourth-order valence-electron chi connectivity index (χ4n) is 4.60. The third-order valence-corrected chi connectivity index (χ3v) is 6.46. The predicted molar refractivity (Wildman–Crippen MR) is 115 cm³/mol. The molecular formula is C24H27F4N3O2. The largest absolute Gasteiger partial charge is 0.346 e. The SMILES string of the molecule is CC(c1ccc(-c2ccc([C@H]3OC(C)(C)N(C(=O)C(F)F)[C@@H]3CF)cc2)cn1)N1CC(F)C1. The van der Waals surface area contributed by atoms with Crippen molar-refractivity contribution in [2.75, 3.05) is 19.8 Å². The zero-order valence-electron chi connectivity index (χ0n) is 18.7. The summed E-state index contributed by atoms with van der Waals surface area (Å²) in [6.07, 6.45) is -3.12. The lowest BCUT2D eigenvalue weighted by Crippen LogP contribution is -2.51. The van der Waals surface area contributed by atoms with Crippen LogP contribution in [0.4, 0.5) is 17.6 Å². The topological polar surface area (TPSA) is 45.7 Å². The Hall–Kier alpha value is -2.52. The van der Waals surface area contributed by atoms with Crippen molar-refractivity contribution in [3.63, 3.8) is 0 Å². The summed E-state index contributed by atoms with van der Waals surface area (Å²) in [6, 6.07) is 9.87. The Kier molecular flexibility index (Phi) is 6.46. The first-order chi connectivity index (χ1) is 15.6. The van der Waals surface area contributed by atoms with Gasteiger partial charge in [0, 0.05) is 30.9 Å². The van der Waals surface area contributed by atoms with Gasteiger partial charge in [0.15, 0.2) is 0 Å². The molecule has 33 heavy (non-hydrogen) atoms. The van der Waals surface area contributed by atoms with Crippen molar-refractivity contribution in [1.82, 2.24) is 14.8 Å². The van der Waals surface area contributed by atoms with Crippen LogP contribution in [0.5, 0.6) is 0 Å². The molecule has 9 heteroatoms. The number of carbonyl (C=O) groups excluding carboxylic acids is 1. The molecule has 1 aromatic carbocycles. The highest BCUT2D eigenvalue weighted by molar-refractivity contribution is 5.80. The molecule has 0 saturated carbocycles. The zero-order chi connectivity index (χ0) is 23.9. The molecule has 0 radical (unpaired) electrons. The number of amides is 1. The minimum Gasteiger partial charge on any atom is -0.346 e. The van der Waals surface area contributed by atoms with E-state index in [1.807, 2.05) is 36.1 Å². The summed E-state index contributed by atoms with van der Waals surface area (Å²) in [6.45, 7) is 4.80. The Morgan fingerprint density at radius 1 is 1.15 bits per heavy atom. The van der Waals surface area contributed by atoms with E-state index in [4.69, 9.17) is 4.74 Å². The van der Waals surface area contributed by atoms with Gasteiger partial charge in [0.25, 0.3) is 5.91 Å². The lowest BCUT2D eigenvalue weighted by atomic mass is 9.98. The summed E-state index contributed by atoms with van der Waals surface area (Å²) in [4.78, 5) is 19.4. The Morgan fingerprint density at radius 2 is 1.79 bits per heavy atom. The highest BCUT2D eigenvalue weighted by atomic mass is 19.3. The van der Waals surface area contributed by atoms with Crippen molar-refractivity contribution >= 4 is 5.91 Å². The smallest absolute Gasteiger partial charge is 0.315 e. The first-order valence-electron chi connectivity index (χ1n) is 10.9. The molecule has 1 amide bonds. The van der Waals surface area contributed by atoms with Crippen molar-refractivity contribution in [1.29, 1.82) is 0 Å². The lowest BCUT2D eigenvalue weighted by Gasteiger charge is -2.38. The Labute approximate surface area is 190 Å². The number of ether oxygens (including phenoxy) is 1. The van der Waals surface area contributed by atoms with Gasteiger partial charge in [-0.1, -0.05) is 30.3 Å². The van der Waals surface area contributed by atoms with Gasteiger partial charge in [-0.2, -0.15) is 8.78 Å². The third-order valence-electron chi connectivity index (χ3n) is 6.46. The summed E-state index contributed by atoms with van der Waals surface area (Å²) < 4.78 is 59.0. The maximum Gasteiger partial charge on any atom is 0.315 e. The van der Waals surface area contributed by atoms with Gasteiger partial charge in [-0.25, -0.2) is 8.78 Å². The molecule has 1 unspecified atom stereocenters. The van der Waals surface area contributed by atoms with Crippen LogP contribution in [0.25, 0.3) is 11.1 Å². The average molecular weight is 465 g/mol. The molecule has 0 N–H and O–H groups in total. The van der Waals surface area contributed by atoms with Gasteiger partial charge in [0.1, 0.15) is 24.7 Å². The van der Waals surface area contributed by atoms with Crippen LogP contribution in [0.15, 0.2) is 42.6 Å². The molecule has 0 spiro atoms. The van der Waals surface area contributed by atoms with E-state index in [2.05, 4.69) is 4.98 Å². The molecule has 3 heterocycles. The van der Waals surface area contributed by atoms with E-state index in [1.54, 1.807) is 18.3 Å². The molecule has 2 saturated heterocycles. The van der Waals surface area contributed by atoms with Crippen LogP contribution >= 0.6 is 0 Å². The Balaban J connectivity index is 1.50. The van der Waals surface area contributed by atoms with Crippen LogP contribution in [0, 0.1) is 0 Å². The minimum atomic E-state index is -3.24. The van der Waals surface area contributed by atoms with E-state index < -0.39 is 43.0 Å². The average Bonchev–Trinajstić information content (AvgIpc) is 3.06. The first-order valence-corrected chi connectivity index (χ1v) is 10.9. The summed E-state index contributed by atoms with van der Waals surface area (Å²) in [7, 11) is 0. The summed E-state index contributed by atoms with van der Waals surface area (Å²) >= 11 is 0. The number of rotatable bonds is 6. The quantitative estimate of drug-likeness (QED) is 0.580. The fraction of sp³-hybridized carbons (Fsp3) is 0.500. The Bertz CT molecular complexity index is 978. The van der Waals surface area contributed by atoms with Crippen LogP contribution in [-0.4, -0.2) is 64.8 Å². The molecule has 0 aliphatic carbocycles. The van der Waals surface area contributed by atoms with Crippen molar-refractivity contribution in [3.8, 4) is 11.1 Å². The van der Waals surface area contributed by atoms with Gasteiger partial charge in [-0.15, -0.1) is 0 Å². The number of pyridine rings is 1. The van der Waals surface area contributed by atoms with Crippen molar-refractivity contribution in [2.24, 2.45) is 0 Å². The first kappa shape index (κ1) is 23.6. The number of hydrogen-bond acceptors (Lipinski definition) is 4. The standard InChI is InChI=1S/C24H27F4N3O2/c1-14(30-12-18(26)13-30)19-9-8-17(11-29-19)15-4-6-16(7-5-15)21-20(10-25)31(23(32)22(27)28)24(2,3)33-21/h4-9,11,14,18,20-22H,10,12-13H2,1-3H3/t14?,20-,21-/m1/s1. The van der Waals surface area contributed by atoms with Crippen LogP contribution in [0.2, 0.25) is 0 Å². The van der Waals surface area contributed by atoms with Crippen molar-refractivity contribution < 1.29 is 27.1 Å². The second-order valence-electron chi connectivity index (χ2n) is 9.04. The zero-order valence-corrected chi connectivity index (χ0v) is 18.7. The monoisotopic (exact) mass is 465 g/mol.